The van der Waals surface area contributed by atoms with Gasteiger partial charge < -0.3 is 15.6 Å². The second kappa shape index (κ2) is 7.73. The second-order valence-electron chi connectivity index (χ2n) is 4.62. The third-order valence-corrected chi connectivity index (χ3v) is 2.81. The summed E-state index contributed by atoms with van der Waals surface area (Å²) in [6.45, 7) is 6.45. The number of aliphatic hydroxyl groups excluding tert-OH is 1. The quantitative estimate of drug-likeness (QED) is 0.658. The molecule has 0 aliphatic carbocycles. The molecule has 0 saturated carbocycles. The Balaban J connectivity index is 4.97. The van der Waals surface area contributed by atoms with E-state index in [1.54, 1.807) is 13.8 Å². The summed E-state index contributed by atoms with van der Waals surface area (Å²) >= 11 is 0. The Morgan fingerprint density at radius 1 is 1.37 bits per heavy atom. The summed E-state index contributed by atoms with van der Waals surface area (Å²) in [5.74, 6) is -2.11. The lowest BCUT2D eigenvalue weighted by atomic mass is 9.90. The van der Waals surface area contributed by atoms with Crippen molar-refractivity contribution in [2.24, 2.45) is 17.6 Å². The number of rotatable bonds is 6. The highest BCUT2D eigenvalue weighted by Gasteiger charge is 2.29. The highest BCUT2D eigenvalue weighted by Crippen LogP contribution is 2.19. The highest BCUT2D eigenvalue weighted by atomic mass is 16.5. The molecular formula is C12H21N2O5. The van der Waals surface area contributed by atoms with Crippen molar-refractivity contribution in [1.82, 2.24) is 4.90 Å². The zero-order valence-corrected chi connectivity index (χ0v) is 11.5. The maximum absolute atomic E-state index is 11.3. The van der Waals surface area contributed by atoms with E-state index in [1.807, 2.05) is 0 Å². The predicted octanol–water partition coefficient (Wildman–Crippen LogP) is -0.0760. The number of esters is 1. The first-order valence-corrected chi connectivity index (χ1v) is 5.88. The Kier molecular flexibility index (Phi) is 7.06. The molecule has 0 aromatic rings. The number of methoxy groups -OCH3 is 1. The summed E-state index contributed by atoms with van der Waals surface area (Å²) in [5.41, 5.74) is 5.05. The van der Waals surface area contributed by atoms with Gasteiger partial charge in [-0.2, -0.15) is 0 Å². The van der Waals surface area contributed by atoms with Gasteiger partial charge in [0.2, 0.25) is 5.91 Å². The maximum Gasteiger partial charge on any atom is 0.321 e. The van der Waals surface area contributed by atoms with E-state index in [0.29, 0.717) is 4.90 Å². The SMILES string of the molecule is [CH2]C(=O)N(CC(CC(=O)OC)C(O)C(C)C)C(N)=O. The van der Waals surface area contributed by atoms with Crippen LogP contribution in [-0.2, 0) is 14.3 Å². The van der Waals surface area contributed by atoms with E-state index in [4.69, 9.17) is 5.73 Å². The number of aliphatic hydroxyl groups is 1. The third kappa shape index (κ3) is 5.69. The van der Waals surface area contributed by atoms with Gasteiger partial charge in [0.05, 0.1) is 19.6 Å². The van der Waals surface area contributed by atoms with Gasteiger partial charge in [0, 0.05) is 19.4 Å². The number of carbonyl (C=O) groups is 3. The third-order valence-electron chi connectivity index (χ3n) is 2.81. The number of carbonyl (C=O) groups excluding carboxylic acids is 3. The summed E-state index contributed by atoms with van der Waals surface area (Å²) in [4.78, 5) is 34.3. The molecule has 0 aromatic heterocycles. The van der Waals surface area contributed by atoms with Crippen LogP contribution in [0.2, 0.25) is 0 Å². The van der Waals surface area contributed by atoms with Crippen molar-refractivity contribution in [3.63, 3.8) is 0 Å². The number of ether oxygens (including phenoxy) is 1. The summed E-state index contributed by atoms with van der Waals surface area (Å²) in [6, 6.07) is -0.967. The van der Waals surface area contributed by atoms with E-state index >= 15 is 0 Å². The van der Waals surface area contributed by atoms with Crippen molar-refractivity contribution in [2.45, 2.75) is 26.4 Å². The molecule has 3 N–H and O–H groups in total. The van der Waals surface area contributed by atoms with Crippen molar-refractivity contribution >= 4 is 17.9 Å². The molecule has 0 aliphatic heterocycles. The second-order valence-corrected chi connectivity index (χ2v) is 4.62. The van der Waals surface area contributed by atoms with Gasteiger partial charge >= 0.3 is 12.0 Å². The van der Waals surface area contributed by atoms with Gasteiger partial charge in [-0.3, -0.25) is 14.5 Å². The fourth-order valence-electron chi connectivity index (χ4n) is 1.68. The number of nitrogens with two attached hydrogens (primary N) is 1. The Labute approximate surface area is 112 Å². The van der Waals surface area contributed by atoms with E-state index in [0.717, 1.165) is 0 Å². The molecule has 0 heterocycles. The van der Waals surface area contributed by atoms with E-state index in [2.05, 4.69) is 11.7 Å². The standard InChI is InChI=1S/C12H21N2O5/c1-7(2)11(17)9(5-10(16)19-4)6-14(8(3)15)12(13)18/h7,9,11,17H,3,5-6H2,1-2,4H3,(H2,13,18). The smallest absolute Gasteiger partial charge is 0.321 e. The molecule has 0 fully saturated rings. The molecule has 7 nitrogen and oxygen atoms in total. The first-order valence-electron chi connectivity index (χ1n) is 5.88. The minimum absolute atomic E-state index is 0.118. The monoisotopic (exact) mass is 273 g/mol. The Morgan fingerprint density at radius 2 is 1.89 bits per heavy atom. The molecule has 2 unspecified atom stereocenters. The highest BCUT2D eigenvalue weighted by molar-refractivity contribution is 5.95. The first kappa shape index (κ1) is 17.4. The summed E-state index contributed by atoms with van der Waals surface area (Å²) in [7, 11) is 1.22. The van der Waals surface area contributed by atoms with Crippen LogP contribution in [0.5, 0.6) is 0 Å². The molecular weight excluding hydrogens is 252 g/mol. The first-order chi connectivity index (χ1) is 8.70. The zero-order chi connectivity index (χ0) is 15.2. The Bertz CT molecular complexity index is 329. The number of hydrogen-bond acceptors (Lipinski definition) is 5. The molecule has 19 heavy (non-hydrogen) atoms. The molecule has 2 atom stereocenters. The maximum atomic E-state index is 11.3. The molecule has 7 heteroatoms. The number of primary amides is 1. The Morgan fingerprint density at radius 3 is 2.21 bits per heavy atom. The van der Waals surface area contributed by atoms with E-state index in [1.165, 1.54) is 7.11 Å². The summed E-state index contributed by atoms with van der Waals surface area (Å²) in [6.07, 6.45) is -0.993. The molecule has 1 radical (unpaired) electrons. The largest absolute Gasteiger partial charge is 0.469 e. The van der Waals surface area contributed by atoms with Gasteiger partial charge in [0.15, 0.2) is 0 Å². The van der Waals surface area contributed by atoms with Crippen molar-refractivity contribution in [3.05, 3.63) is 6.92 Å². The minimum Gasteiger partial charge on any atom is -0.469 e. The van der Waals surface area contributed by atoms with E-state index < -0.39 is 29.9 Å². The zero-order valence-electron chi connectivity index (χ0n) is 11.5. The van der Waals surface area contributed by atoms with Gasteiger partial charge in [-0.1, -0.05) is 13.8 Å². The van der Waals surface area contributed by atoms with Crippen molar-refractivity contribution in [3.8, 4) is 0 Å². The summed E-state index contributed by atoms with van der Waals surface area (Å²) < 4.78 is 4.53. The average Bonchev–Trinajstić information content (AvgIpc) is 2.31. The fourth-order valence-corrected chi connectivity index (χ4v) is 1.68. The number of urea groups is 1. The van der Waals surface area contributed by atoms with Crippen molar-refractivity contribution in [2.75, 3.05) is 13.7 Å². The molecule has 109 valence electrons. The minimum atomic E-state index is -0.967. The van der Waals surface area contributed by atoms with Crippen molar-refractivity contribution < 1.29 is 24.2 Å². The van der Waals surface area contributed by atoms with Crippen LogP contribution in [0.15, 0.2) is 0 Å². The van der Waals surface area contributed by atoms with Gasteiger partial charge in [0.25, 0.3) is 0 Å². The van der Waals surface area contributed by atoms with Gasteiger partial charge in [-0.15, -0.1) is 0 Å². The Hall–Kier alpha value is -1.63. The lowest BCUT2D eigenvalue weighted by molar-refractivity contribution is -0.144. The average molecular weight is 273 g/mol. The lowest BCUT2D eigenvalue weighted by Gasteiger charge is -2.28. The van der Waals surface area contributed by atoms with Crippen LogP contribution in [0.3, 0.4) is 0 Å². The van der Waals surface area contributed by atoms with E-state index in [9.17, 15) is 19.5 Å². The van der Waals surface area contributed by atoms with E-state index in [-0.39, 0.29) is 18.9 Å². The predicted molar refractivity (Wildman–Crippen MR) is 67.6 cm³/mol. The number of nitrogens with zero attached hydrogens (tertiary/aromatic N) is 1. The molecule has 0 aliphatic rings. The number of imide groups is 1. The van der Waals surface area contributed by atoms with Gasteiger partial charge in [0.1, 0.15) is 0 Å². The van der Waals surface area contributed by atoms with Crippen LogP contribution in [0, 0.1) is 18.8 Å². The van der Waals surface area contributed by atoms with Crippen LogP contribution in [-0.4, -0.2) is 47.7 Å². The van der Waals surface area contributed by atoms with Gasteiger partial charge in [-0.25, -0.2) is 4.79 Å². The summed E-state index contributed by atoms with van der Waals surface area (Å²) in [5, 5.41) is 10.0. The normalized spacial score (nSPS) is 13.8. The van der Waals surface area contributed by atoms with Crippen LogP contribution < -0.4 is 5.73 Å². The molecule has 0 rings (SSSR count). The fraction of sp³-hybridized carbons (Fsp3) is 0.667. The number of hydrogen-bond donors (Lipinski definition) is 2. The van der Waals surface area contributed by atoms with Crippen molar-refractivity contribution in [1.29, 1.82) is 0 Å². The topological polar surface area (TPSA) is 110 Å². The molecule has 0 aromatic carbocycles. The van der Waals surface area contributed by atoms with Crippen LogP contribution in [0.4, 0.5) is 4.79 Å². The molecule has 0 spiro atoms. The van der Waals surface area contributed by atoms with Gasteiger partial charge in [-0.05, 0) is 5.92 Å². The lowest BCUT2D eigenvalue weighted by Crippen LogP contribution is -2.46. The molecule has 0 saturated heterocycles. The molecule has 0 bridgehead atoms. The molecule has 3 amide bonds. The number of amides is 3. The van der Waals surface area contributed by atoms with Crippen LogP contribution in [0.1, 0.15) is 20.3 Å². The van der Waals surface area contributed by atoms with Crippen LogP contribution >= 0.6 is 0 Å². The van der Waals surface area contributed by atoms with Crippen LogP contribution in [0.25, 0.3) is 0 Å².